The van der Waals surface area contributed by atoms with E-state index in [1.165, 1.54) is 0 Å². The number of carbonyl (C=O) groups excluding carboxylic acids is 1. The van der Waals surface area contributed by atoms with Crippen LogP contribution in [-0.4, -0.2) is 22.7 Å². The Hall–Kier alpha value is -1.58. The van der Waals surface area contributed by atoms with E-state index in [0.717, 1.165) is 11.4 Å². The number of carbonyl (C=O) groups is 1. The molecule has 4 nitrogen and oxygen atoms in total. The maximum Gasteiger partial charge on any atom is 0.221 e. The number of rotatable bonds is 3. The average molecular weight is 207 g/mol. The van der Waals surface area contributed by atoms with Gasteiger partial charge in [0, 0.05) is 24.0 Å². The van der Waals surface area contributed by atoms with Crippen LogP contribution in [0, 0.1) is 0 Å². The Kier molecular flexibility index (Phi) is 3.66. The van der Waals surface area contributed by atoms with E-state index in [2.05, 4.69) is 4.99 Å². The van der Waals surface area contributed by atoms with E-state index in [4.69, 9.17) is 5.73 Å². The molecule has 0 saturated heterocycles. The molecule has 0 spiro atoms. The normalized spacial score (nSPS) is 21.5. The summed E-state index contributed by atoms with van der Waals surface area (Å²) < 4.78 is 0. The number of amides is 1. The van der Waals surface area contributed by atoms with Crippen LogP contribution in [0.1, 0.15) is 27.2 Å². The van der Waals surface area contributed by atoms with Crippen LogP contribution in [0.5, 0.6) is 0 Å². The molecule has 82 valence electrons. The van der Waals surface area contributed by atoms with Crippen LogP contribution >= 0.6 is 0 Å². The molecule has 1 unspecified atom stereocenters. The zero-order valence-corrected chi connectivity index (χ0v) is 9.40. The summed E-state index contributed by atoms with van der Waals surface area (Å²) in [5.41, 5.74) is 7.20. The van der Waals surface area contributed by atoms with E-state index < -0.39 is 0 Å². The Balaban J connectivity index is 2.68. The Morgan fingerprint density at radius 2 is 2.33 bits per heavy atom. The third kappa shape index (κ3) is 3.23. The molecule has 0 radical (unpaired) electrons. The van der Waals surface area contributed by atoms with Crippen molar-refractivity contribution in [1.82, 2.24) is 4.90 Å². The van der Waals surface area contributed by atoms with Gasteiger partial charge in [-0.25, -0.2) is 0 Å². The standard InChI is InChI=1S/C11H17N3O/c1-8-7-9(2)14(10(3)13-8)6-4-5-11(12)15/h4,6-7,10H,5H2,1-3H3,(H2,12,15)/b6-4-. The highest BCUT2D eigenvalue weighted by Gasteiger charge is 2.14. The highest BCUT2D eigenvalue weighted by atomic mass is 16.1. The molecular formula is C11H17N3O. The van der Waals surface area contributed by atoms with Gasteiger partial charge in [0.2, 0.25) is 5.91 Å². The molecule has 1 rings (SSSR count). The Morgan fingerprint density at radius 1 is 1.67 bits per heavy atom. The first-order chi connectivity index (χ1) is 7.00. The lowest BCUT2D eigenvalue weighted by atomic mass is 10.2. The second-order valence-electron chi connectivity index (χ2n) is 3.65. The van der Waals surface area contributed by atoms with Crippen LogP contribution in [0.2, 0.25) is 0 Å². The first kappa shape index (κ1) is 11.5. The molecule has 1 aliphatic rings. The van der Waals surface area contributed by atoms with E-state index in [-0.39, 0.29) is 18.5 Å². The van der Waals surface area contributed by atoms with Crippen molar-refractivity contribution < 1.29 is 4.79 Å². The molecule has 0 bridgehead atoms. The van der Waals surface area contributed by atoms with Gasteiger partial charge in [-0.05, 0) is 26.8 Å². The number of hydrogen-bond donors (Lipinski definition) is 1. The first-order valence-electron chi connectivity index (χ1n) is 4.96. The third-order valence-corrected chi connectivity index (χ3v) is 2.20. The summed E-state index contributed by atoms with van der Waals surface area (Å²) in [4.78, 5) is 17.0. The van der Waals surface area contributed by atoms with Crippen LogP contribution in [0.25, 0.3) is 0 Å². The monoisotopic (exact) mass is 207 g/mol. The number of nitrogens with zero attached hydrogens (tertiary/aromatic N) is 2. The average Bonchev–Trinajstić information content (AvgIpc) is 2.08. The van der Waals surface area contributed by atoms with Gasteiger partial charge in [-0.2, -0.15) is 0 Å². The minimum absolute atomic E-state index is 0.0825. The fourth-order valence-electron chi connectivity index (χ4n) is 1.59. The second kappa shape index (κ2) is 4.77. The fraction of sp³-hybridized carbons (Fsp3) is 0.455. The summed E-state index contributed by atoms with van der Waals surface area (Å²) in [5.74, 6) is -0.322. The van der Waals surface area contributed by atoms with Gasteiger partial charge < -0.3 is 10.6 Å². The lowest BCUT2D eigenvalue weighted by molar-refractivity contribution is -0.117. The predicted molar refractivity (Wildman–Crippen MR) is 61.1 cm³/mol. The number of hydrogen-bond acceptors (Lipinski definition) is 3. The Bertz CT molecular complexity index is 342. The summed E-state index contributed by atoms with van der Waals surface area (Å²) in [5, 5.41) is 0. The number of nitrogens with two attached hydrogens (primary N) is 1. The van der Waals surface area contributed by atoms with E-state index >= 15 is 0 Å². The number of aliphatic imine (C=N–C) groups is 1. The molecule has 0 saturated carbocycles. The Labute approximate surface area is 90.2 Å². The van der Waals surface area contributed by atoms with E-state index in [0.29, 0.717) is 0 Å². The van der Waals surface area contributed by atoms with Crippen LogP contribution in [0.15, 0.2) is 29.0 Å². The lowest BCUT2D eigenvalue weighted by Crippen LogP contribution is -2.29. The van der Waals surface area contributed by atoms with Crippen molar-refractivity contribution in [3.8, 4) is 0 Å². The van der Waals surface area contributed by atoms with Gasteiger partial charge in [0.25, 0.3) is 0 Å². The van der Waals surface area contributed by atoms with Gasteiger partial charge in [0.05, 0.1) is 0 Å². The summed E-state index contributed by atoms with van der Waals surface area (Å²) in [6.07, 6.45) is 5.97. The molecule has 0 aromatic rings. The maximum absolute atomic E-state index is 10.6. The minimum Gasteiger partial charge on any atom is -0.369 e. The zero-order valence-electron chi connectivity index (χ0n) is 9.40. The van der Waals surface area contributed by atoms with Gasteiger partial charge >= 0.3 is 0 Å². The quantitative estimate of drug-likeness (QED) is 0.760. The largest absolute Gasteiger partial charge is 0.369 e. The van der Waals surface area contributed by atoms with Gasteiger partial charge in [-0.15, -0.1) is 0 Å². The summed E-state index contributed by atoms with van der Waals surface area (Å²) in [6, 6.07) is 0. The van der Waals surface area contributed by atoms with Crippen LogP contribution in [-0.2, 0) is 4.79 Å². The van der Waals surface area contributed by atoms with Crippen molar-refractivity contribution in [2.45, 2.75) is 33.4 Å². The van der Waals surface area contributed by atoms with E-state index in [9.17, 15) is 4.79 Å². The van der Waals surface area contributed by atoms with E-state index in [1.807, 2.05) is 37.9 Å². The van der Waals surface area contributed by atoms with E-state index in [1.54, 1.807) is 6.08 Å². The van der Waals surface area contributed by atoms with Gasteiger partial charge in [0.15, 0.2) is 0 Å². The van der Waals surface area contributed by atoms with Crippen molar-refractivity contribution in [3.63, 3.8) is 0 Å². The van der Waals surface area contributed by atoms with Gasteiger partial charge in [-0.3, -0.25) is 9.79 Å². The topological polar surface area (TPSA) is 58.7 Å². The first-order valence-corrected chi connectivity index (χ1v) is 4.96. The molecule has 1 heterocycles. The van der Waals surface area contributed by atoms with Crippen molar-refractivity contribution >= 4 is 11.6 Å². The lowest BCUT2D eigenvalue weighted by Gasteiger charge is -2.29. The molecule has 1 atom stereocenters. The third-order valence-electron chi connectivity index (χ3n) is 2.20. The molecule has 0 aliphatic carbocycles. The molecule has 0 aromatic carbocycles. The summed E-state index contributed by atoms with van der Waals surface area (Å²) >= 11 is 0. The van der Waals surface area contributed by atoms with Crippen molar-refractivity contribution in [2.75, 3.05) is 0 Å². The van der Waals surface area contributed by atoms with Gasteiger partial charge in [-0.1, -0.05) is 6.08 Å². The molecule has 2 N–H and O–H groups in total. The summed E-state index contributed by atoms with van der Waals surface area (Å²) in [7, 11) is 0. The smallest absolute Gasteiger partial charge is 0.221 e. The van der Waals surface area contributed by atoms with Crippen LogP contribution < -0.4 is 5.73 Å². The van der Waals surface area contributed by atoms with Crippen LogP contribution in [0.3, 0.4) is 0 Å². The zero-order chi connectivity index (χ0) is 11.4. The Morgan fingerprint density at radius 3 is 2.87 bits per heavy atom. The molecule has 4 heteroatoms. The highest BCUT2D eigenvalue weighted by molar-refractivity contribution is 5.94. The van der Waals surface area contributed by atoms with Crippen LogP contribution in [0.4, 0.5) is 0 Å². The molecule has 15 heavy (non-hydrogen) atoms. The predicted octanol–water partition coefficient (Wildman–Crippen LogP) is 1.40. The molecular weight excluding hydrogens is 190 g/mol. The van der Waals surface area contributed by atoms with Crippen molar-refractivity contribution in [3.05, 3.63) is 24.0 Å². The highest BCUT2D eigenvalue weighted by Crippen LogP contribution is 2.16. The number of allylic oxidation sites excluding steroid dienone is 2. The minimum atomic E-state index is -0.322. The second-order valence-corrected chi connectivity index (χ2v) is 3.65. The van der Waals surface area contributed by atoms with Crippen molar-refractivity contribution in [1.29, 1.82) is 0 Å². The maximum atomic E-state index is 10.6. The van der Waals surface area contributed by atoms with Gasteiger partial charge in [0.1, 0.15) is 6.17 Å². The van der Waals surface area contributed by atoms with Crippen molar-refractivity contribution in [2.24, 2.45) is 10.7 Å². The molecule has 1 amide bonds. The summed E-state index contributed by atoms with van der Waals surface area (Å²) in [6.45, 7) is 6.00. The molecule has 0 fully saturated rings. The molecule has 1 aliphatic heterocycles. The molecule has 0 aromatic heterocycles. The SMILES string of the molecule is CC1=CC(C)=NC(C)N1/C=C\CC(N)=O. The fourth-order valence-corrected chi connectivity index (χ4v) is 1.59. The number of primary amides is 1.